The zero-order valence-electron chi connectivity index (χ0n) is 49.9. The molecule has 13 aromatic carbocycles. The fourth-order valence-corrected chi connectivity index (χ4v) is 17.6. The Hall–Kier alpha value is -10.7. The van der Waals surface area contributed by atoms with E-state index in [9.17, 15) is 0 Å². The van der Waals surface area contributed by atoms with Crippen molar-refractivity contribution in [3.05, 3.63) is 352 Å². The lowest BCUT2D eigenvalue weighted by molar-refractivity contribution is 0.600. The van der Waals surface area contributed by atoms with Crippen molar-refractivity contribution >= 4 is 60.9 Å². The van der Waals surface area contributed by atoms with E-state index < -0.39 is 16.2 Å². The molecule has 3 nitrogen and oxygen atoms in total. The van der Waals surface area contributed by atoms with E-state index >= 15 is 0 Å². The Morgan fingerprint density at radius 1 is 0.270 bits per heavy atom. The number of hydrogen-bond acceptors (Lipinski definition) is 3. The minimum absolute atomic E-state index is 0.249. The van der Waals surface area contributed by atoms with E-state index in [2.05, 4.69) is 318 Å². The molecular weight excluding hydrogens is 1080 g/mol. The molecule has 0 aliphatic heterocycles. The highest BCUT2D eigenvalue weighted by Crippen LogP contribution is 2.67. The van der Waals surface area contributed by atoms with Crippen LogP contribution in [-0.2, 0) is 21.7 Å². The van der Waals surface area contributed by atoms with Crippen LogP contribution >= 0.6 is 0 Å². The third-order valence-electron chi connectivity index (χ3n) is 21.1. The lowest BCUT2D eigenvalue weighted by Crippen LogP contribution is -2.30. The number of fused-ring (bicyclic) bond motifs is 22. The molecule has 15 aromatic rings. The van der Waals surface area contributed by atoms with Gasteiger partial charge in [-0.15, -0.1) is 0 Å². The summed E-state index contributed by atoms with van der Waals surface area (Å²) in [6.07, 6.45) is 0. The summed E-state index contributed by atoms with van der Waals surface area (Å²) >= 11 is 0. The van der Waals surface area contributed by atoms with E-state index in [4.69, 9.17) is 8.83 Å². The lowest BCUT2D eigenvalue weighted by atomic mass is 9.66. The summed E-state index contributed by atoms with van der Waals surface area (Å²) in [4.78, 5) is 2.50. The van der Waals surface area contributed by atoms with Crippen molar-refractivity contribution in [2.24, 2.45) is 0 Å². The smallest absolute Gasteiger partial charge is 0.144 e. The topological polar surface area (TPSA) is 29.5 Å². The normalized spacial score (nSPS) is 15.3. The third kappa shape index (κ3) is 6.41. The molecule has 4 aliphatic rings. The molecule has 0 N–H and O–H groups in total. The Labute approximate surface area is 517 Å². The molecule has 0 bridgehead atoms. The molecule has 89 heavy (non-hydrogen) atoms. The standard InChI is InChI=1S/C86H59NO2/c1-83(2)66-39-23-20-36-60(66)77-78-63-38-22-25-41-73(63)89-82(78)79-61-45-43-57(48-68(61)84(3,4)81(79)80(77)83)87(56-34-18-9-19-35-56)58-42-44-59-64-50-71-65(51-70(64)86(69(59)49-58,54-30-14-7-15-31-54)55-32-16-8-17-33-55)75-67(46-47-74-76(75)62-37-21-24-40-72(62)88-74)85(71,52-26-10-5-11-27-52)53-28-12-6-13-29-53/h5-51H,1-4H3. The molecule has 2 heterocycles. The van der Waals surface area contributed by atoms with Crippen molar-refractivity contribution in [1.82, 2.24) is 0 Å². The van der Waals surface area contributed by atoms with Gasteiger partial charge in [0.15, 0.2) is 0 Å². The quantitative estimate of drug-likeness (QED) is 0.159. The van der Waals surface area contributed by atoms with Gasteiger partial charge < -0.3 is 13.7 Å². The molecule has 0 saturated carbocycles. The summed E-state index contributed by atoms with van der Waals surface area (Å²) < 4.78 is 14.0. The van der Waals surface area contributed by atoms with E-state index in [-0.39, 0.29) is 5.41 Å². The van der Waals surface area contributed by atoms with E-state index in [1.54, 1.807) is 0 Å². The summed E-state index contributed by atoms with van der Waals surface area (Å²) in [6.45, 7) is 9.76. The van der Waals surface area contributed by atoms with Gasteiger partial charge in [0.05, 0.1) is 10.8 Å². The molecule has 420 valence electrons. The SMILES string of the molecule is CC1(C)c2cc(N(c3ccccc3)c3ccc4c(c3)C(c3ccccc3)(c3ccccc3)c3cc5c(cc3-4)C(c3ccccc3)(c3ccccc3)c3ccc4oc6ccccc6c4c3-5)ccc2-c2c1c1c(c3c2oc2ccccc23)-c2ccccc2C1(C)C. The van der Waals surface area contributed by atoms with E-state index in [1.807, 2.05) is 0 Å². The number of nitrogens with zero attached hydrogens (tertiary/aromatic N) is 1. The molecule has 0 unspecified atom stereocenters. The zero-order chi connectivity index (χ0) is 59.1. The molecule has 2 aromatic heterocycles. The maximum absolute atomic E-state index is 7.15. The van der Waals surface area contributed by atoms with E-state index in [0.29, 0.717) is 0 Å². The predicted octanol–water partition coefficient (Wildman–Crippen LogP) is 22.3. The van der Waals surface area contributed by atoms with Gasteiger partial charge in [-0.25, -0.2) is 0 Å². The summed E-state index contributed by atoms with van der Waals surface area (Å²) in [5, 5.41) is 4.65. The first kappa shape index (κ1) is 50.4. The predicted molar refractivity (Wildman–Crippen MR) is 365 cm³/mol. The molecule has 0 amide bonds. The van der Waals surface area contributed by atoms with Crippen LogP contribution in [0.4, 0.5) is 17.1 Å². The molecular formula is C86H59NO2. The van der Waals surface area contributed by atoms with Crippen molar-refractivity contribution < 1.29 is 8.83 Å². The fourth-order valence-electron chi connectivity index (χ4n) is 17.6. The average molecular weight is 1140 g/mol. The fraction of sp³-hybridized carbons (Fsp3) is 0.0930. The minimum atomic E-state index is -0.748. The van der Waals surface area contributed by atoms with Crippen LogP contribution in [0.25, 0.3) is 88.4 Å². The third-order valence-corrected chi connectivity index (χ3v) is 21.1. The first-order valence-corrected chi connectivity index (χ1v) is 31.3. The van der Waals surface area contributed by atoms with Crippen LogP contribution in [0.15, 0.2) is 294 Å². The molecule has 0 radical (unpaired) electrons. The lowest BCUT2D eigenvalue weighted by Gasteiger charge is -2.36. The van der Waals surface area contributed by atoms with E-state index in [1.165, 1.54) is 117 Å². The Bertz CT molecular complexity index is 5400. The van der Waals surface area contributed by atoms with Gasteiger partial charge >= 0.3 is 0 Å². The first-order valence-electron chi connectivity index (χ1n) is 31.3. The number of anilines is 3. The Morgan fingerprint density at radius 2 is 0.719 bits per heavy atom. The molecule has 0 saturated heterocycles. The highest BCUT2D eigenvalue weighted by Gasteiger charge is 2.53. The first-order chi connectivity index (χ1) is 43.7. The van der Waals surface area contributed by atoms with Crippen LogP contribution in [0.2, 0.25) is 0 Å². The van der Waals surface area contributed by atoms with Gasteiger partial charge in [-0.3, -0.25) is 0 Å². The zero-order valence-corrected chi connectivity index (χ0v) is 49.9. The van der Waals surface area contributed by atoms with Crippen molar-refractivity contribution in [2.45, 2.75) is 49.4 Å². The van der Waals surface area contributed by atoms with Crippen molar-refractivity contribution in [2.75, 3.05) is 4.90 Å². The van der Waals surface area contributed by atoms with Crippen LogP contribution in [0.5, 0.6) is 0 Å². The monoisotopic (exact) mass is 1140 g/mol. The summed E-state index contributed by atoms with van der Waals surface area (Å²) in [5.74, 6) is 0. The number of benzene rings is 13. The number of furan rings is 2. The van der Waals surface area contributed by atoms with Crippen molar-refractivity contribution in [3.8, 4) is 44.5 Å². The van der Waals surface area contributed by atoms with Gasteiger partial charge in [-0.05, 0) is 172 Å². The highest BCUT2D eigenvalue weighted by molar-refractivity contribution is 6.21. The van der Waals surface area contributed by atoms with Gasteiger partial charge in [-0.2, -0.15) is 0 Å². The van der Waals surface area contributed by atoms with E-state index in [0.717, 1.165) is 55.6 Å². The van der Waals surface area contributed by atoms with Crippen molar-refractivity contribution in [1.29, 1.82) is 0 Å². The summed E-state index contributed by atoms with van der Waals surface area (Å²) in [6, 6.07) is 107. The van der Waals surface area contributed by atoms with Crippen LogP contribution in [0.1, 0.15) is 94.5 Å². The maximum atomic E-state index is 7.15. The molecule has 0 spiro atoms. The van der Waals surface area contributed by atoms with Gasteiger partial charge in [-0.1, -0.05) is 246 Å². The van der Waals surface area contributed by atoms with Gasteiger partial charge in [0.2, 0.25) is 0 Å². The van der Waals surface area contributed by atoms with Crippen LogP contribution in [0.3, 0.4) is 0 Å². The average Bonchev–Trinajstić information content (AvgIpc) is 1.52. The number of rotatable bonds is 7. The Balaban J connectivity index is 0.877. The molecule has 3 heteroatoms. The van der Waals surface area contributed by atoms with Crippen molar-refractivity contribution in [3.63, 3.8) is 0 Å². The number of para-hydroxylation sites is 3. The molecule has 4 aliphatic carbocycles. The molecule has 19 rings (SSSR count). The maximum Gasteiger partial charge on any atom is 0.144 e. The van der Waals surface area contributed by atoms with Gasteiger partial charge in [0, 0.05) is 55.0 Å². The molecule has 0 fully saturated rings. The Morgan fingerprint density at radius 3 is 1.35 bits per heavy atom. The number of hydrogen-bond donors (Lipinski definition) is 0. The second-order valence-electron chi connectivity index (χ2n) is 26.1. The minimum Gasteiger partial charge on any atom is -0.456 e. The van der Waals surface area contributed by atoms with Crippen LogP contribution < -0.4 is 4.90 Å². The summed E-state index contributed by atoms with van der Waals surface area (Å²) in [5.41, 5.74) is 30.2. The second-order valence-corrected chi connectivity index (χ2v) is 26.1. The Kier molecular flexibility index (Phi) is 10.2. The summed E-state index contributed by atoms with van der Waals surface area (Å²) in [7, 11) is 0. The largest absolute Gasteiger partial charge is 0.456 e. The second kappa shape index (κ2) is 17.9. The van der Waals surface area contributed by atoms with Crippen LogP contribution in [-0.4, -0.2) is 0 Å². The van der Waals surface area contributed by atoms with Crippen LogP contribution in [0, 0.1) is 0 Å². The van der Waals surface area contributed by atoms with Gasteiger partial charge in [0.25, 0.3) is 0 Å². The highest BCUT2D eigenvalue weighted by atomic mass is 16.3. The molecule has 0 atom stereocenters. The van der Waals surface area contributed by atoms with Gasteiger partial charge in [0.1, 0.15) is 22.3 Å².